The molecule has 2 rings (SSSR count). The summed E-state index contributed by atoms with van der Waals surface area (Å²) in [6.07, 6.45) is 1.21. The Morgan fingerprint density at radius 2 is 2.11 bits per heavy atom. The topological polar surface area (TPSA) is 60.9 Å². The smallest absolute Gasteiger partial charge is 0.326 e. The number of amides is 2. The van der Waals surface area contributed by atoms with Crippen molar-refractivity contribution in [1.82, 2.24) is 4.90 Å². The number of benzene rings is 1. The van der Waals surface area contributed by atoms with Gasteiger partial charge in [0.25, 0.3) is 0 Å². The van der Waals surface area contributed by atoms with Gasteiger partial charge in [0.1, 0.15) is 6.04 Å². The van der Waals surface area contributed by atoms with Gasteiger partial charge in [0.2, 0.25) is 0 Å². The molecule has 0 fully saturated rings. The van der Waals surface area contributed by atoms with Crippen molar-refractivity contribution in [3.63, 3.8) is 0 Å². The molecule has 1 aromatic carbocycles. The molecule has 0 radical (unpaired) electrons. The minimum Gasteiger partial charge on any atom is -0.480 e. The third-order valence-corrected chi connectivity index (χ3v) is 3.56. The zero-order chi connectivity index (χ0) is 14.0. The lowest BCUT2D eigenvalue weighted by Crippen LogP contribution is -2.48. The van der Waals surface area contributed by atoms with Crippen molar-refractivity contribution in [3.05, 3.63) is 29.8 Å². The highest BCUT2D eigenvalue weighted by Gasteiger charge is 2.31. The Hall–Kier alpha value is -2.04. The van der Waals surface area contributed by atoms with E-state index in [1.807, 2.05) is 24.3 Å². The third kappa shape index (κ3) is 2.41. The molecule has 1 aromatic rings. The molecule has 102 valence electrons. The van der Waals surface area contributed by atoms with Crippen LogP contribution in [-0.2, 0) is 11.2 Å². The second kappa shape index (κ2) is 5.30. The molecule has 0 bridgehead atoms. The van der Waals surface area contributed by atoms with Crippen LogP contribution >= 0.6 is 0 Å². The normalized spacial score (nSPS) is 14.9. The number of fused-ring (bicyclic) bond motifs is 1. The molecular formula is C14H18N2O3. The SMILES string of the molecule is CCC(C(=O)O)N(C)C(=O)N1CCc2ccccc21. The zero-order valence-electron chi connectivity index (χ0n) is 11.2. The van der Waals surface area contributed by atoms with Crippen LogP contribution in [0.1, 0.15) is 18.9 Å². The lowest BCUT2D eigenvalue weighted by Gasteiger charge is -2.29. The van der Waals surface area contributed by atoms with Crippen molar-refractivity contribution in [3.8, 4) is 0 Å². The summed E-state index contributed by atoms with van der Waals surface area (Å²) in [7, 11) is 1.55. The first-order valence-electron chi connectivity index (χ1n) is 6.41. The monoisotopic (exact) mass is 262 g/mol. The number of hydrogen-bond donors (Lipinski definition) is 1. The van der Waals surface area contributed by atoms with Gasteiger partial charge in [0, 0.05) is 19.3 Å². The summed E-state index contributed by atoms with van der Waals surface area (Å²) in [5, 5.41) is 9.12. The summed E-state index contributed by atoms with van der Waals surface area (Å²) in [5.74, 6) is -0.967. The number of nitrogens with zero attached hydrogens (tertiary/aromatic N) is 2. The first-order valence-corrected chi connectivity index (χ1v) is 6.41. The average Bonchev–Trinajstić information content (AvgIpc) is 2.82. The summed E-state index contributed by atoms with van der Waals surface area (Å²) >= 11 is 0. The molecular weight excluding hydrogens is 244 g/mol. The van der Waals surface area contributed by atoms with Gasteiger partial charge in [-0.2, -0.15) is 0 Å². The quantitative estimate of drug-likeness (QED) is 0.905. The molecule has 1 aliphatic rings. The predicted molar refractivity (Wildman–Crippen MR) is 72.4 cm³/mol. The van der Waals surface area contributed by atoms with E-state index in [0.717, 1.165) is 17.7 Å². The largest absolute Gasteiger partial charge is 0.480 e. The molecule has 1 N–H and O–H groups in total. The van der Waals surface area contributed by atoms with Crippen molar-refractivity contribution in [2.24, 2.45) is 0 Å². The molecule has 0 aromatic heterocycles. The molecule has 19 heavy (non-hydrogen) atoms. The summed E-state index contributed by atoms with van der Waals surface area (Å²) < 4.78 is 0. The number of carbonyl (C=O) groups excluding carboxylic acids is 1. The van der Waals surface area contributed by atoms with Crippen molar-refractivity contribution >= 4 is 17.7 Å². The van der Waals surface area contributed by atoms with Gasteiger partial charge in [0.15, 0.2) is 0 Å². The fourth-order valence-corrected chi connectivity index (χ4v) is 2.47. The third-order valence-electron chi connectivity index (χ3n) is 3.56. The number of likely N-dealkylation sites (N-methyl/N-ethyl adjacent to an activating group) is 1. The molecule has 1 heterocycles. The lowest BCUT2D eigenvalue weighted by molar-refractivity contribution is -0.141. The van der Waals surface area contributed by atoms with E-state index in [0.29, 0.717) is 13.0 Å². The van der Waals surface area contributed by atoms with Gasteiger partial charge < -0.3 is 10.0 Å². The Morgan fingerprint density at radius 3 is 2.74 bits per heavy atom. The van der Waals surface area contributed by atoms with E-state index in [1.165, 1.54) is 4.90 Å². The maximum Gasteiger partial charge on any atom is 0.326 e. The molecule has 5 heteroatoms. The van der Waals surface area contributed by atoms with Crippen LogP contribution in [0.15, 0.2) is 24.3 Å². The number of rotatable bonds is 3. The molecule has 0 saturated carbocycles. The van der Waals surface area contributed by atoms with Crippen molar-refractivity contribution in [2.45, 2.75) is 25.8 Å². The fourth-order valence-electron chi connectivity index (χ4n) is 2.47. The Morgan fingerprint density at radius 1 is 1.42 bits per heavy atom. The molecule has 1 aliphatic heterocycles. The van der Waals surface area contributed by atoms with Gasteiger partial charge in [-0.1, -0.05) is 25.1 Å². The molecule has 0 saturated heterocycles. The van der Waals surface area contributed by atoms with Crippen LogP contribution in [-0.4, -0.2) is 41.6 Å². The van der Waals surface area contributed by atoms with E-state index >= 15 is 0 Å². The van der Waals surface area contributed by atoms with Crippen molar-refractivity contribution < 1.29 is 14.7 Å². The number of carboxylic acids is 1. The number of carbonyl (C=O) groups is 2. The van der Waals surface area contributed by atoms with Crippen LogP contribution in [0.4, 0.5) is 10.5 Å². The maximum absolute atomic E-state index is 12.4. The Labute approximate surface area is 112 Å². The molecule has 1 atom stereocenters. The van der Waals surface area contributed by atoms with Gasteiger partial charge in [0.05, 0.1) is 0 Å². The zero-order valence-corrected chi connectivity index (χ0v) is 11.2. The van der Waals surface area contributed by atoms with Crippen molar-refractivity contribution in [2.75, 3.05) is 18.5 Å². The lowest BCUT2D eigenvalue weighted by atomic mass is 10.2. The number of carboxylic acid groups (broad SMARTS) is 1. The number of urea groups is 1. The number of hydrogen-bond acceptors (Lipinski definition) is 2. The Balaban J connectivity index is 2.20. The Kier molecular flexibility index (Phi) is 3.74. The first-order chi connectivity index (χ1) is 9.06. The summed E-state index contributed by atoms with van der Waals surface area (Å²) in [5.41, 5.74) is 2.02. The van der Waals surface area contributed by atoms with Crippen LogP contribution in [0.3, 0.4) is 0 Å². The van der Waals surface area contributed by atoms with E-state index in [-0.39, 0.29) is 6.03 Å². The van der Waals surface area contributed by atoms with Gasteiger partial charge in [-0.25, -0.2) is 9.59 Å². The van der Waals surface area contributed by atoms with E-state index in [4.69, 9.17) is 5.11 Å². The van der Waals surface area contributed by atoms with Crippen LogP contribution < -0.4 is 4.90 Å². The van der Waals surface area contributed by atoms with Crippen LogP contribution in [0, 0.1) is 0 Å². The first kappa shape index (κ1) is 13.4. The number of anilines is 1. The van der Waals surface area contributed by atoms with E-state index in [9.17, 15) is 9.59 Å². The highest BCUT2D eigenvalue weighted by atomic mass is 16.4. The van der Waals surface area contributed by atoms with E-state index in [2.05, 4.69) is 0 Å². The number of aliphatic carboxylic acids is 1. The van der Waals surface area contributed by atoms with Gasteiger partial charge >= 0.3 is 12.0 Å². The Bertz CT molecular complexity index is 501. The van der Waals surface area contributed by atoms with Crippen LogP contribution in [0.5, 0.6) is 0 Å². The molecule has 5 nitrogen and oxygen atoms in total. The van der Waals surface area contributed by atoms with Gasteiger partial charge in [-0.3, -0.25) is 4.90 Å². The highest BCUT2D eigenvalue weighted by Crippen LogP contribution is 2.28. The minimum absolute atomic E-state index is 0.251. The van der Waals surface area contributed by atoms with Crippen LogP contribution in [0.25, 0.3) is 0 Å². The summed E-state index contributed by atoms with van der Waals surface area (Å²) in [6.45, 7) is 2.37. The van der Waals surface area contributed by atoms with Gasteiger partial charge in [-0.05, 0) is 24.5 Å². The molecule has 0 aliphatic carbocycles. The second-order valence-electron chi connectivity index (χ2n) is 4.69. The van der Waals surface area contributed by atoms with E-state index < -0.39 is 12.0 Å². The van der Waals surface area contributed by atoms with Crippen molar-refractivity contribution in [1.29, 1.82) is 0 Å². The molecule has 1 unspecified atom stereocenters. The fraction of sp³-hybridized carbons (Fsp3) is 0.429. The number of para-hydroxylation sites is 1. The summed E-state index contributed by atoms with van der Waals surface area (Å²) in [6, 6.07) is 6.70. The minimum atomic E-state index is -0.967. The standard InChI is InChI=1S/C14H18N2O3/c1-3-11(13(17)18)15(2)14(19)16-9-8-10-6-4-5-7-12(10)16/h4-7,11H,3,8-9H2,1-2H3,(H,17,18). The average molecular weight is 262 g/mol. The second-order valence-corrected chi connectivity index (χ2v) is 4.69. The summed E-state index contributed by atoms with van der Waals surface area (Å²) in [4.78, 5) is 26.5. The molecule has 0 spiro atoms. The highest BCUT2D eigenvalue weighted by molar-refractivity contribution is 5.96. The van der Waals surface area contributed by atoms with E-state index in [1.54, 1.807) is 18.9 Å². The predicted octanol–water partition coefficient (Wildman–Crippen LogP) is 1.96. The maximum atomic E-state index is 12.4. The molecule has 2 amide bonds. The van der Waals surface area contributed by atoms with Gasteiger partial charge in [-0.15, -0.1) is 0 Å². The van der Waals surface area contributed by atoms with Crippen LogP contribution in [0.2, 0.25) is 0 Å².